The highest BCUT2D eigenvalue weighted by Gasteiger charge is 2.33. The SMILES string of the molecule is Cc1nn(-c2ccc(=O)[nH]n2)c2c1[C@H](c1ccc(Cl)cc1Cl)CC(=O)N2. The van der Waals surface area contributed by atoms with Crippen LogP contribution in [-0.2, 0) is 4.79 Å². The molecule has 0 spiro atoms. The highest BCUT2D eigenvalue weighted by atomic mass is 35.5. The van der Waals surface area contributed by atoms with E-state index in [0.717, 1.165) is 16.8 Å². The number of halogens is 2. The quantitative estimate of drug-likeness (QED) is 0.704. The Morgan fingerprint density at radius 1 is 1.19 bits per heavy atom. The molecule has 3 heterocycles. The van der Waals surface area contributed by atoms with Gasteiger partial charge in [0, 0.05) is 34.0 Å². The fourth-order valence-electron chi connectivity index (χ4n) is 3.22. The number of aromatic amines is 1. The molecule has 4 rings (SSSR count). The van der Waals surface area contributed by atoms with Crippen LogP contribution in [0.2, 0.25) is 10.0 Å². The molecule has 0 fully saturated rings. The van der Waals surface area contributed by atoms with Gasteiger partial charge in [0.15, 0.2) is 5.82 Å². The molecular weight excluding hydrogens is 377 g/mol. The predicted molar refractivity (Wildman–Crippen MR) is 98.3 cm³/mol. The van der Waals surface area contributed by atoms with Crippen LogP contribution in [0.1, 0.15) is 29.2 Å². The van der Waals surface area contributed by atoms with E-state index in [1.54, 1.807) is 12.1 Å². The fraction of sp³-hybridized carbons (Fsp3) is 0.176. The molecule has 9 heteroatoms. The number of carbonyl (C=O) groups is 1. The lowest BCUT2D eigenvalue weighted by Crippen LogP contribution is -2.25. The van der Waals surface area contributed by atoms with E-state index in [9.17, 15) is 9.59 Å². The summed E-state index contributed by atoms with van der Waals surface area (Å²) in [5, 5.41) is 14.7. The minimum atomic E-state index is -0.318. The molecule has 0 saturated heterocycles. The van der Waals surface area contributed by atoms with Gasteiger partial charge in [-0.05, 0) is 30.7 Å². The predicted octanol–water partition coefficient (Wildman–Crippen LogP) is 3.04. The number of hydrogen-bond donors (Lipinski definition) is 2. The molecule has 0 unspecified atom stereocenters. The lowest BCUT2D eigenvalue weighted by Gasteiger charge is -2.25. The van der Waals surface area contributed by atoms with Crippen molar-refractivity contribution in [2.75, 3.05) is 5.32 Å². The van der Waals surface area contributed by atoms with Gasteiger partial charge in [-0.2, -0.15) is 14.9 Å². The molecule has 1 amide bonds. The summed E-state index contributed by atoms with van der Waals surface area (Å²) in [7, 11) is 0. The lowest BCUT2D eigenvalue weighted by molar-refractivity contribution is -0.116. The van der Waals surface area contributed by atoms with Crippen molar-refractivity contribution in [3.63, 3.8) is 0 Å². The summed E-state index contributed by atoms with van der Waals surface area (Å²) in [6, 6.07) is 8.12. The molecule has 0 saturated carbocycles. The number of aromatic nitrogens is 4. The number of aryl methyl sites for hydroxylation is 1. The number of anilines is 1. The van der Waals surface area contributed by atoms with E-state index in [1.807, 2.05) is 13.0 Å². The number of hydrogen-bond acceptors (Lipinski definition) is 4. The summed E-state index contributed by atoms with van der Waals surface area (Å²) < 4.78 is 1.51. The highest BCUT2D eigenvalue weighted by molar-refractivity contribution is 6.35. The van der Waals surface area contributed by atoms with Crippen LogP contribution in [0, 0.1) is 6.92 Å². The summed E-state index contributed by atoms with van der Waals surface area (Å²) in [4.78, 5) is 23.6. The lowest BCUT2D eigenvalue weighted by atomic mass is 9.86. The van der Waals surface area contributed by atoms with Gasteiger partial charge >= 0.3 is 0 Å². The van der Waals surface area contributed by atoms with Gasteiger partial charge in [-0.3, -0.25) is 9.59 Å². The third kappa shape index (κ3) is 2.79. The largest absolute Gasteiger partial charge is 0.310 e. The molecule has 0 aliphatic carbocycles. The number of amides is 1. The molecule has 132 valence electrons. The Kier molecular flexibility index (Phi) is 4.05. The van der Waals surface area contributed by atoms with Crippen molar-refractivity contribution >= 4 is 34.9 Å². The van der Waals surface area contributed by atoms with Crippen molar-refractivity contribution in [3.8, 4) is 5.82 Å². The number of H-pyrrole nitrogens is 1. The number of nitrogens with one attached hydrogen (secondary N) is 2. The number of carbonyl (C=O) groups excluding carboxylic acids is 1. The van der Waals surface area contributed by atoms with Crippen LogP contribution in [0.4, 0.5) is 5.82 Å². The Morgan fingerprint density at radius 3 is 2.69 bits per heavy atom. The first-order valence-electron chi connectivity index (χ1n) is 7.84. The zero-order valence-corrected chi connectivity index (χ0v) is 15.1. The zero-order valence-electron chi connectivity index (χ0n) is 13.6. The third-order valence-corrected chi connectivity index (χ3v) is 4.88. The van der Waals surface area contributed by atoms with Gasteiger partial charge in [0.1, 0.15) is 5.82 Å². The Morgan fingerprint density at radius 2 is 2.00 bits per heavy atom. The number of fused-ring (bicyclic) bond motifs is 1. The molecular formula is C17H13Cl2N5O2. The van der Waals surface area contributed by atoms with Crippen LogP contribution in [0.15, 0.2) is 35.1 Å². The Hall–Kier alpha value is -2.64. The molecule has 0 radical (unpaired) electrons. The average molecular weight is 390 g/mol. The van der Waals surface area contributed by atoms with Crippen LogP contribution in [0.5, 0.6) is 0 Å². The number of nitrogens with zero attached hydrogens (tertiary/aromatic N) is 3. The topological polar surface area (TPSA) is 92.7 Å². The maximum Gasteiger partial charge on any atom is 0.264 e. The standard InChI is InChI=1S/C17H13Cl2N5O2/c1-8-16-11(10-3-2-9(18)6-12(10)19)7-15(26)20-17(16)24(23-8)13-4-5-14(25)22-21-13/h2-6,11H,7H2,1H3,(H,20,26)(H,22,25)/t11-/m0/s1. The monoisotopic (exact) mass is 389 g/mol. The van der Waals surface area contributed by atoms with E-state index < -0.39 is 0 Å². The highest BCUT2D eigenvalue weighted by Crippen LogP contribution is 2.42. The third-order valence-electron chi connectivity index (χ3n) is 4.32. The van der Waals surface area contributed by atoms with Gasteiger partial charge in [-0.15, -0.1) is 0 Å². The van der Waals surface area contributed by atoms with Crippen molar-refractivity contribution in [2.45, 2.75) is 19.3 Å². The van der Waals surface area contributed by atoms with Gasteiger partial charge in [-0.1, -0.05) is 29.3 Å². The fourth-order valence-corrected chi connectivity index (χ4v) is 3.76. The molecule has 1 aliphatic rings. The summed E-state index contributed by atoms with van der Waals surface area (Å²) >= 11 is 12.4. The maximum absolute atomic E-state index is 12.3. The summed E-state index contributed by atoms with van der Waals surface area (Å²) in [6.45, 7) is 1.86. The first-order chi connectivity index (χ1) is 12.4. The second-order valence-corrected chi connectivity index (χ2v) is 6.85. The smallest absolute Gasteiger partial charge is 0.264 e. The van der Waals surface area contributed by atoms with Crippen LogP contribution in [0.25, 0.3) is 5.82 Å². The Balaban J connectivity index is 1.89. The second kappa shape index (κ2) is 6.26. The molecule has 0 bridgehead atoms. The molecule has 7 nitrogen and oxygen atoms in total. The number of benzene rings is 1. The van der Waals surface area contributed by atoms with Crippen LogP contribution in [0.3, 0.4) is 0 Å². The van der Waals surface area contributed by atoms with Gasteiger partial charge in [0.25, 0.3) is 5.56 Å². The minimum Gasteiger partial charge on any atom is -0.310 e. The summed E-state index contributed by atoms with van der Waals surface area (Å²) in [5.41, 5.74) is 2.09. The van der Waals surface area contributed by atoms with E-state index in [2.05, 4.69) is 20.6 Å². The van der Waals surface area contributed by atoms with E-state index in [4.69, 9.17) is 23.2 Å². The first-order valence-corrected chi connectivity index (χ1v) is 8.60. The van der Waals surface area contributed by atoms with Crippen molar-refractivity contribution in [1.82, 2.24) is 20.0 Å². The van der Waals surface area contributed by atoms with Crippen molar-refractivity contribution in [3.05, 3.63) is 67.6 Å². The normalized spacial score (nSPS) is 16.3. The molecule has 1 atom stereocenters. The van der Waals surface area contributed by atoms with Gasteiger partial charge in [0.2, 0.25) is 5.91 Å². The molecule has 1 aromatic carbocycles. The van der Waals surface area contributed by atoms with Crippen molar-refractivity contribution in [1.29, 1.82) is 0 Å². The second-order valence-electron chi connectivity index (χ2n) is 6.01. The van der Waals surface area contributed by atoms with Crippen LogP contribution >= 0.6 is 23.2 Å². The van der Waals surface area contributed by atoms with Crippen LogP contribution in [-0.4, -0.2) is 25.9 Å². The molecule has 2 aromatic heterocycles. The Labute approximate surface area is 157 Å². The van der Waals surface area contributed by atoms with E-state index in [0.29, 0.717) is 21.7 Å². The average Bonchev–Trinajstić information content (AvgIpc) is 2.91. The van der Waals surface area contributed by atoms with Crippen molar-refractivity contribution < 1.29 is 4.79 Å². The molecule has 1 aliphatic heterocycles. The van der Waals surface area contributed by atoms with Gasteiger partial charge in [0.05, 0.1) is 5.69 Å². The maximum atomic E-state index is 12.3. The van der Waals surface area contributed by atoms with Crippen molar-refractivity contribution in [2.24, 2.45) is 0 Å². The summed E-state index contributed by atoms with van der Waals surface area (Å²) in [5.74, 6) is 0.519. The van der Waals surface area contributed by atoms with E-state index >= 15 is 0 Å². The Bertz CT molecular complexity index is 1070. The molecule has 3 aromatic rings. The molecule has 26 heavy (non-hydrogen) atoms. The minimum absolute atomic E-state index is 0.154. The zero-order chi connectivity index (χ0) is 18.4. The van der Waals surface area contributed by atoms with Gasteiger partial charge < -0.3 is 5.32 Å². The summed E-state index contributed by atoms with van der Waals surface area (Å²) in [6.07, 6.45) is 0.250. The van der Waals surface area contributed by atoms with Crippen LogP contribution < -0.4 is 10.9 Å². The molecule has 2 N–H and O–H groups in total. The van der Waals surface area contributed by atoms with E-state index in [1.165, 1.54) is 16.8 Å². The first kappa shape index (κ1) is 16.8. The number of rotatable bonds is 2. The van der Waals surface area contributed by atoms with E-state index in [-0.39, 0.29) is 23.8 Å². The van der Waals surface area contributed by atoms with Gasteiger partial charge in [-0.25, -0.2) is 5.10 Å².